The average Bonchev–Trinajstić information content (AvgIpc) is 3.24. The molecule has 2 N–H and O–H groups in total. The Bertz CT molecular complexity index is 626. The number of fused-ring (bicyclic) bond motifs is 1. The lowest BCUT2D eigenvalue weighted by molar-refractivity contribution is -0.123. The van der Waals surface area contributed by atoms with Crippen LogP contribution in [0, 0.1) is 17.7 Å². The minimum atomic E-state index is -0.924. The van der Waals surface area contributed by atoms with Crippen molar-refractivity contribution >= 4 is 11.6 Å². The quantitative estimate of drug-likeness (QED) is 0.886. The monoisotopic (exact) mass is 335 g/mol. The Morgan fingerprint density at radius 2 is 2.17 bits per heavy atom. The first kappa shape index (κ1) is 15.8. The van der Waals surface area contributed by atoms with Gasteiger partial charge in [-0.15, -0.1) is 0 Å². The molecule has 0 bridgehead atoms. The molecule has 2 heterocycles. The third-order valence-electron chi connectivity index (χ3n) is 5.75. The molecule has 1 aromatic carbocycles. The minimum Gasteiger partial charge on any atom is -0.371 e. The molecule has 24 heavy (non-hydrogen) atoms. The molecule has 1 aliphatic carbocycles. The second-order valence-electron chi connectivity index (χ2n) is 7.30. The lowest BCUT2D eigenvalue weighted by atomic mass is 9.97. The normalized spacial score (nSPS) is 35.2. The molecule has 0 spiro atoms. The molecule has 4 nitrogen and oxygen atoms in total. The van der Waals surface area contributed by atoms with Crippen LogP contribution >= 0.6 is 0 Å². The lowest BCUT2D eigenvalue weighted by Crippen LogP contribution is -2.47. The van der Waals surface area contributed by atoms with Crippen molar-refractivity contribution in [2.24, 2.45) is 11.8 Å². The van der Waals surface area contributed by atoms with Crippen molar-refractivity contribution in [3.05, 3.63) is 30.1 Å². The molecule has 0 unspecified atom stereocenters. The van der Waals surface area contributed by atoms with Crippen molar-refractivity contribution in [2.45, 2.75) is 37.5 Å². The Labute approximate surface area is 140 Å². The van der Waals surface area contributed by atoms with Crippen LogP contribution < -0.4 is 15.5 Å². The molecule has 130 valence electrons. The van der Waals surface area contributed by atoms with E-state index in [0.717, 1.165) is 31.6 Å². The number of carbonyl (C=O) groups is 1. The van der Waals surface area contributed by atoms with Gasteiger partial charge in [0, 0.05) is 43.7 Å². The third-order valence-corrected chi connectivity index (χ3v) is 5.75. The molecule has 2 aliphatic heterocycles. The second kappa shape index (κ2) is 6.31. The molecule has 0 radical (unpaired) electrons. The summed E-state index contributed by atoms with van der Waals surface area (Å²) in [4.78, 5) is 14.5. The van der Waals surface area contributed by atoms with Crippen molar-refractivity contribution in [1.82, 2.24) is 10.6 Å². The molecule has 3 aliphatic rings. The zero-order chi connectivity index (χ0) is 16.7. The van der Waals surface area contributed by atoms with Crippen molar-refractivity contribution in [3.8, 4) is 0 Å². The van der Waals surface area contributed by atoms with Crippen LogP contribution in [-0.4, -0.2) is 43.8 Å². The predicted molar refractivity (Wildman–Crippen MR) is 88.1 cm³/mol. The summed E-state index contributed by atoms with van der Waals surface area (Å²) in [5, 5.41) is 6.07. The third kappa shape index (κ3) is 2.99. The number of anilines is 1. The van der Waals surface area contributed by atoms with Gasteiger partial charge in [-0.2, -0.15) is 0 Å². The number of benzene rings is 1. The Morgan fingerprint density at radius 1 is 1.29 bits per heavy atom. The maximum atomic E-state index is 13.4. The fraction of sp³-hybridized carbons (Fsp3) is 0.611. The van der Waals surface area contributed by atoms with E-state index in [0.29, 0.717) is 11.8 Å². The van der Waals surface area contributed by atoms with Crippen LogP contribution in [0.2, 0.25) is 0 Å². The Hall–Kier alpha value is -1.69. The van der Waals surface area contributed by atoms with Gasteiger partial charge in [-0.1, -0.05) is 6.07 Å². The largest absolute Gasteiger partial charge is 0.371 e. The smallest absolute Gasteiger partial charge is 0.237 e. The van der Waals surface area contributed by atoms with Gasteiger partial charge in [-0.05, 0) is 37.0 Å². The first-order valence-corrected chi connectivity index (χ1v) is 8.78. The number of carbonyl (C=O) groups excluding carboxylic acids is 1. The summed E-state index contributed by atoms with van der Waals surface area (Å²) in [6, 6.07) is 6.43. The maximum Gasteiger partial charge on any atom is 0.237 e. The predicted octanol–water partition coefficient (Wildman–Crippen LogP) is 1.86. The maximum absolute atomic E-state index is 13.4. The van der Waals surface area contributed by atoms with E-state index in [-0.39, 0.29) is 30.7 Å². The zero-order valence-electron chi connectivity index (χ0n) is 13.6. The van der Waals surface area contributed by atoms with E-state index < -0.39 is 12.2 Å². The van der Waals surface area contributed by atoms with Crippen molar-refractivity contribution < 1.29 is 13.6 Å². The van der Waals surface area contributed by atoms with E-state index in [9.17, 15) is 13.6 Å². The van der Waals surface area contributed by atoms with Crippen LogP contribution in [0.25, 0.3) is 0 Å². The van der Waals surface area contributed by atoms with E-state index in [4.69, 9.17) is 0 Å². The summed E-state index contributed by atoms with van der Waals surface area (Å²) in [7, 11) is 0. The Kier molecular flexibility index (Phi) is 4.16. The minimum absolute atomic E-state index is 0.0787. The molecule has 0 aromatic heterocycles. The summed E-state index contributed by atoms with van der Waals surface area (Å²) in [5.74, 6) is 0.622. The van der Waals surface area contributed by atoms with Crippen LogP contribution in [0.5, 0.6) is 0 Å². The van der Waals surface area contributed by atoms with Crippen molar-refractivity contribution in [2.75, 3.05) is 24.5 Å². The van der Waals surface area contributed by atoms with Gasteiger partial charge in [-0.3, -0.25) is 4.79 Å². The Balaban J connectivity index is 1.38. The molecule has 2 saturated heterocycles. The molecule has 3 fully saturated rings. The highest BCUT2D eigenvalue weighted by Crippen LogP contribution is 2.40. The van der Waals surface area contributed by atoms with Crippen molar-refractivity contribution in [1.29, 1.82) is 0 Å². The fourth-order valence-corrected chi connectivity index (χ4v) is 4.50. The number of halogens is 2. The summed E-state index contributed by atoms with van der Waals surface area (Å²) in [6.07, 6.45) is 1.39. The summed E-state index contributed by atoms with van der Waals surface area (Å²) < 4.78 is 26.7. The second-order valence-corrected chi connectivity index (χ2v) is 7.30. The molecule has 5 atom stereocenters. The molecule has 4 rings (SSSR count). The van der Waals surface area contributed by atoms with Gasteiger partial charge >= 0.3 is 0 Å². The fourth-order valence-electron chi connectivity index (χ4n) is 4.50. The van der Waals surface area contributed by atoms with Gasteiger partial charge in [0.2, 0.25) is 5.91 Å². The van der Waals surface area contributed by atoms with E-state index in [1.54, 1.807) is 12.1 Å². The van der Waals surface area contributed by atoms with E-state index in [1.807, 2.05) is 6.07 Å². The molecule has 1 amide bonds. The first-order chi connectivity index (χ1) is 11.6. The highest BCUT2D eigenvalue weighted by Gasteiger charge is 2.44. The molecule has 6 heteroatoms. The number of hydrogen-bond donors (Lipinski definition) is 2. The van der Waals surface area contributed by atoms with Crippen LogP contribution in [0.4, 0.5) is 14.5 Å². The number of nitrogens with one attached hydrogen (secondary N) is 2. The van der Waals surface area contributed by atoms with Crippen LogP contribution in [-0.2, 0) is 4.79 Å². The van der Waals surface area contributed by atoms with Crippen LogP contribution in [0.3, 0.4) is 0 Å². The van der Waals surface area contributed by atoms with E-state index in [2.05, 4.69) is 15.5 Å². The van der Waals surface area contributed by atoms with Crippen LogP contribution in [0.1, 0.15) is 19.3 Å². The van der Waals surface area contributed by atoms with Gasteiger partial charge in [0.05, 0.1) is 6.04 Å². The lowest BCUT2D eigenvalue weighted by Gasteiger charge is -2.24. The van der Waals surface area contributed by atoms with E-state index >= 15 is 0 Å². The number of nitrogens with zero attached hydrogens (tertiary/aromatic N) is 1. The number of amides is 1. The van der Waals surface area contributed by atoms with Gasteiger partial charge in [0.15, 0.2) is 0 Å². The first-order valence-electron chi connectivity index (χ1n) is 8.78. The van der Waals surface area contributed by atoms with Gasteiger partial charge in [-0.25, -0.2) is 8.78 Å². The summed E-state index contributed by atoms with van der Waals surface area (Å²) >= 11 is 0. The zero-order valence-corrected chi connectivity index (χ0v) is 13.6. The standard InChI is InChI=1S/C18H23F2N3O/c19-12-2-1-3-14(6-12)23-9-11-4-5-16(15(11)10-23)22-18(24)17-7-13(20)8-21-17/h1-3,6,11,13,15-17,21H,4-5,7-10H2,(H,22,24)/t11-,13-,15+,16+,17+/m1/s1. The topological polar surface area (TPSA) is 44.4 Å². The highest BCUT2D eigenvalue weighted by molar-refractivity contribution is 5.82. The Morgan fingerprint density at radius 3 is 2.92 bits per heavy atom. The molecule has 1 aromatic rings. The molecular formula is C18H23F2N3O. The van der Waals surface area contributed by atoms with Gasteiger partial charge in [0.1, 0.15) is 12.0 Å². The molecular weight excluding hydrogens is 312 g/mol. The average molecular weight is 335 g/mol. The number of hydrogen-bond acceptors (Lipinski definition) is 3. The summed E-state index contributed by atoms with van der Waals surface area (Å²) in [6.45, 7) is 2.01. The SMILES string of the molecule is O=C(N[C@H]1CC[C@@H]2CN(c3cccc(F)c3)C[C@@H]21)[C@@H]1C[C@@H](F)CN1. The van der Waals surface area contributed by atoms with Gasteiger partial charge in [0.25, 0.3) is 0 Å². The highest BCUT2D eigenvalue weighted by atomic mass is 19.1. The number of alkyl halides is 1. The molecule has 1 saturated carbocycles. The van der Waals surface area contributed by atoms with E-state index in [1.165, 1.54) is 6.07 Å². The summed E-state index contributed by atoms with van der Waals surface area (Å²) in [5.41, 5.74) is 0.909. The van der Waals surface area contributed by atoms with Gasteiger partial charge < -0.3 is 15.5 Å². The van der Waals surface area contributed by atoms with Crippen LogP contribution in [0.15, 0.2) is 24.3 Å². The number of rotatable bonds is 3. The van der Waals surface area contributed by atoms with Crippen molar-refractivity contribution in [3.63, 3.8) is 0 Å².